The van der Waals surface area contributed by atoms with Crippen molar-refractivity contribution in [3.8, 4) is 0 Å². The fourth-order valence-electron chi connectivity index (χ4n) is 3.11. The quantitative estimate of drug-likeness (QED) is 0.754. The minimum absolute atomic E-state index is 0.143. The molecule has 5 nitrogen and oxygen atoms in total. The van der Waals surface area contributed by atoms with Crippen LogP contribution in [0.4, 0.5) is 15.8 Å². The number of rotatable bonds is 5. The normalized spacial score (nSPS) is 14.6. The summed E-state index contributed by atoms with van der Waals surface area (Å²) in [6, 6.07) is 14.2. The van der Waals surface area contributed by atoms with Crippen LogP contribution in [-0.4, -0.2) is 53.5 Å². The van der Waals surface area contributed by atoms with E-state index in [0.717, 1.165) is 38.3 Å². The summed E-state index contributed by atoms with van der Waals surface area (Å²) in [6.07, 6.45) is 1.01. The Balaban J connectivity index is 1.43. The van der Waals surface area contributed by atoms with Crippen LogP contribution in [0.5, 0.6) is 0 Å². The average Bonchev–Trinajstić information content (AvgIpc) is 2.69. The van der Waals surface area contributed by atoms with Crippen LogP contribution in [0.15, 0.2) is 48.5 Å². The van der Waals surface area contributed by atoms with Crippen LogP contribution >= 0.6 is 12.2 Å². The first-order valence-electron chi connectivity index (χ1n) is 9.46. The van der Waals surface area contributed by atoms with Crippen LogP contribution in [0.1, 0.15) is 12.5 Å². The van der Waals surface area contributed by atoms with Gasteiger partial charge in [0.25, 0.3) is 0 Å². The largest absolute Gasteiger partial charge is 0.346 e. The van der Waals surface area contributed by atoms with E-state index in [9.17, 15) is 9.18 Å². The van der Waals surface area contributed by atoms with Gasteiger partial charge in [0, 0.05) is 37.6 Å². The van der Waals surface area contributed by atoms with E-state index >= 15 is 0 Å². The van der Waals surface area contributed by atoms with E-state index in [4.69, 9.17) is 12.2 Å². The number of nitrogens with one attached hydrogen (secondary N) is 2. The molecular weight excluding hydrogens is 375 g/mol. The summed E-state index contributed by atoms with van der Waals surface area (Å²) < 4.78 is 13.2. The van der Waals surface area contributed by atoms with Gasteiger partial charge in [-0.15, -0.1) is 0 Å². The van der Waals surface area contributed by atoms with Crippen molar-refractivity contribution in [1.82, 2.24) is 9.80 Å². The molecule has 2 aromatic carbocycles. The molecule has 1 fully saturated rings. The van der Waals surface area contributed by atoms with Gasteiger partial charge in [-0.3, -0.25) is 9.69 Å². The molecule has 0 atom stereocenters. The molecule has 0 saturated carbocycles. The number of thiocarbonyl (C=S) groups is 1. The minimum Gasteiger partial charge on any atom is -0.346 e. The molecule has 0 radical (unpaired) electrons. The number of hydrogen-bond acceptors (Lipinski definition) is 3. The number of nitrogens with zero attached hydrogens (tertiary/aromatic N) is 2. The zero-order valence-electron chi connectivity index (χ0n) is 16.0. The van der Waals surface area contributed by atoms with Gasteiger partial charge < -0.3 is 15.5 Å². The Morgan fingerprint density at radius 2 is 1.75 bits per heavy atom. The second-order valence-corrected chi connectivity index (χ2v) is 7.19. The molecule has 0 aromatic heterocycles. The fraction of sp³-hybridized carbons (Fsp3) is 0.333. The Bertz CT molecular complexity index is 819. The van der Waals surface area contributed by atoms with Gasteiger partial charge in [0.1, 0.15) is 5.82 Å². The van der Waals surface area contributed by atoms with Crippen LogP contribution in [0.25, 0.3) is 0 Å². The Kier molecular flexibility index (Phi) is 6.95. The van der Waals surface area contributed by atoms with Gasteiger partial charge in [0.15, 0.2) is 5.11 Å². The molecule has 0 aliphatic carbocycles. The summed E-state index contributed by atoms with van der Waals surface area (Å²) in [5.41, 5.74) is 2.75. The number of hydrogen-bond donors (Lipinski definition) is 2. The third-order valence-corrected chi connectivity index (χ3v) is 5.11. The number of carbonyl (C=O) groups excluding carboxylic acids is 1. The van der Waals surface area contributed by atoms with Crippen molar-refractivity contribution in [1.29, 1.82) is 0 Å². The lowest BCUT2D eigenvalue weighted by Gasteiger charge is -2.35. The SMILES string of the molecule is CCc1ccc(NC(=S)N2CCN(CC(=O)Nc3cccc(F)c3)CC2)cc1. The summed E-state index contributed by atoms with van der Waals surface area (Å²) in [6.45, 7) is 5.41. The van der Waals surface area contributed by atoms with Gasteiger partial charge in [-0.2, -0.15) is 0 Å². The Morgan fingerprint density at radius 3 is 2.39 bits per heavy atom. The molecule has 28 heavy (non-hydrogen) atoms. The zero-order valence-corrected chi connectivity index (χ0v) is 16.8. The second-order valence-electron chi connectivity index (χ2n) is 6.80. The van der Waals surface area contributed by atoms with E-state index in [1.54, 1.807) is 12.1 Å². The summed E-state index contributed by atoms with van der Waals surface area (Å²) in [7, 11) is 0. The molecule has 0 bridgehead atoms. The standard InChI is InChI=1S/C21H25FN4OS/c1-2-16-6-8-18(9-7-16)24-21(28)26-12-10-25(11-13-26)15-20(27)23-19-5-3-4-17(22)14-19/h3-9,14H,2,10-13,15H2,1H3,(H,23,27)(H,24,28). The van der Waals surface area contributed by atoms with Gasteiger partial charge >= 0.3 is 0 Å². The first-order chi connectivity index (χ1) is 13.5. The first-order valence-corrected chi connectivity index (χ1v) is 9.87. The van der Waals surface area contributed by atoms with Crippen LogP contribution in [-0.2, 0) is 11.2 Å². The molecule has 1 amide bonds. The number of aryl methyl sites for hydroxylation is 1. The van der Waals surface area contributed by atoms with Crippen LogP contribution < -0.4 is 10.6 Å². The predicted octanol–water partition coefficient (Wildman–Crippen LogP) is 3.34. The molecule has 1 heterocycles. The van der Waals surface area contributed by atoms with Crippen molar-refractivity contribution in [2.24, 2.45) is 0 Å². The maximum atomic E-state index is 13.2. The van der Waals surface area contributed by atoms with Crippen molar-refractivity contribution in [3.05, 3.63) is 59.9 Å². The monoisotopic (exact) mass is 400 g/mol. The number of piperazine rings is 1. The predicted molar refractivity (Wildman–Crippen MR) is 115 cm³/mol. The molecule has 7 heteroatoms. The molecular formula is C21H25FN4OS. The average molecular weight is 401 g/mol. The van der Waals surface area contributed by atoms with Crippen LogP contribution in [0.3, 0.4) is 0 Å². The summed E-state index contributed by atoms with van der Waals surface area (Å²) in [5, 5.41) is 6.72. The summed E-state index contributed by atoms with van der Waals surface area (Å²) in [5.74, 6) is -0.507. The Hall–Kier alpha value is -2.51. The molecule has 148 valence electrons. The van der Waals surface area contributed by atoms with E-state index in [2.05, 4.69) is 39.5 Å². The number of anilines is 2. The van der Waals surface area contributed by atoms with Gasteiger partial charge in [-0.25, -0.2) is 4.39 Å². The van der Waals surface area contributed by atoms with E-state index in [1.165, 1.54) is 17.7 Å². The minimum atomic E-state index is -0.364. The van der Waals surface area contributed by atoms with Crippen LogP contribution in [0, 0.1) is 5.82 Å². The van der Waals surface area contributed by atoms with E-state index in [1.807, 2.05) is 12.1 Å². The van der Waals surface area contributed by atoms with E-state index in [0.29, 0.717) is 10.8 Å². The lowest BCUT2D eigenvalue weighted by atomic mass is 10.1. The van der Waals surface area contributed by atoms with E-state index in [-0.39, 0.29) is 18.3 Å². The highest BCUT2D eigenvalue weighted by atomic mass is 32.1. The molecule has 0 unspecified atom stereocenters. The smallest absolute Gasteiger partial charge is 0.238 e. The molecule has 2 aromatic rings. The number of carbonyl (C=O) groups is 1. The lowest BCUT2D eigenvalue weighted by Crippen LogP contribution is -2.51. The molecule has 0 spiro atoms. The Labute approximate surface area is 170 Å². The molecule has 1 saturated heterocycles. The summed E-state index contributed by atoms with van der Waals surface area (Å²) >= 11 is 5.52. The van der Waals surface area contributed by atoms with Crippen molar-refractivity contribution in [2.45, 2.75) is 13.3 Å². The van der Waals surface area contributed by atoms with Crippen LogP contribution in [0.2, 0.25) is 0 Å². The maximum Gasteiger partial charge on any atom is 0.238 e. The molecule has 1 aliphatic rings. The molecule has 2 N–H and O–H groups in total. The fourth-order valence-corrected chi connectivity index (χ4v) is 3.41. The second kappa shape index (κ2) is 9.61. The van der Waals surface area contributed by atoms with Crippen molar-refractivity contribution in [3.63, 3.8) is 0 Å². The highest BCUT2D eigenvalue weighted by Crippen LogP contribution is 2.13. The topological polar surface area (TPSA) is 47.6 Å². The van der Waals surface area contributed by atoms with Crippen molar-refractivity contribution < 1.29 is 9.18 Å². The highest BCUT2D eigenvalue weighted by molar-refractivity contribution is 7.80. The molecule has 3 rings (SSSR count). The van der Waals surface area contributed by atoms with E-state index < -0.39 is 0 Å². The molecule has 1 aliphatic heterocycles. The van der Waals surface area contributed by atoms with Gasteiger partial charge in [-0.1, -0.05) is 25.1 Å². The Morgan fingerprint density at radius 1 is 1.04 bits per heavy atom. The number of halogens is 1. The number of amides is 1. The third kappa shape index (κ3) is 5.74. The lowest BCUT2D eigenvalue weighted by molar-refractivity contribution is -0.117. The third-order valence-electron chi connectivity index (χ3n) is 4.75. The highest BCUT2D eigenvalue weighted by Gasteiger charge is 2.20. The first kappa shape index (κ1) is 20.2. The van der Waals surface area contributed by atoms with Crippen molar-refractivity contribution in [2.75, 3.05) is 43.4 Å². The summed E-state index contributed by atoms with van der Waals surface area (Å²) in [4.78, 5) is 16.4. The van der Waals surface area contributed by atoms with Crippen molar-refractivity contribution >= 4 is 34.6 Å². The van der Waals surface area contributed by atoms with Gasteiger partial charge in [0.2, 0.25) is 5.91 Å². The van der Waals surface area contributed by atoms with Gasteiger partial charge in [-0.05, 0) is 54.5 Å². The zero-order chi connectivity index (χ0) is 19.9. The van der Waals surface area contributed by atoms with Gasteiger partial charge in [0.05, 0.1) is 6.54 Å². The maximum absolute atomic E-state index is 13.2. The number of benzene rings is 2.